The lowest BCUT2D eigenvalue weighted by molar-refractivity contribution is -0.126. The van der Waals surface area contributed by atoms with E-state index in [0.29, 0.717) is 35.7 Å². The highest BCUT2D eigenvalue weighted by Gasteiger charge is 2.28. The number of fused-ring (bicyclic) bond motifs is 1. The van der Waals surface area contributed by atoms with Crippen molar-refractivity contribution in [1.82, 2.24) is 19.8 Å². The van der Waals surface area contributed by atoms with E-state index in [1.165, 1.54) is 0 Å². The minimum absolute atomic E-state index is 0.0400. The molecule has 1 aromatic heterocycles. The number of nitrogens with zero attached hydrogens (tertiary/aromatic N) is 3. The standard InChI is InChI=1S/C30H36ClN5O2/c1-6-8-27(37)35-16-7-9-24(19-35)36-26-15-10-21(18-32-20(2)30(3,4)5)17-25(26)33-29(36)34-28(38)22-11-13-23(31)14-12-22/h10-15,17,20,24,32H,7,9,16,18-19H2,1-5H3,(H,33,34,38)/t20-,24?/m0/s1. The van der Waals surface area contributed by atoms with Crippen LogP contribution in [-0.4, -0.2) is 45.4 Å². The second kappa shape index (κ2) is 11.6. The molecule has 1 fully saturated rings. The Balaban J connectivity index is 1.68. The Hall–Kier alpha value is -3.34. The zero-order chi connectivity index (χ0) is 27.4. The lowest BCUT2D eigenvalue weighted by Gasteiger charge is -2.33. The van der Waals surface area contributed by atoms with Crippen LogP contribution < -0.4 is 10.6 Å². The van der Waals surface area contributed by atoms with Gasteiger partial charge in [0, 0.05) is 36.3 Å². The van der Waals surface area contributed by atoms with Crippen LogP contribution >= 0.6 is 11.6 Å². The summed E-state index contributed by atoms with van der Waals surface area (Å²) >= 11 is 6.01. The number of nitrogens with one attached hydrogen (secondary N) is 2. The zero-order valence-corrected chi connectivity index (χ0v) is 23.5. The van der Waals surface area contributed by atoms with Gasteiger partial charge in [-0.2, -0.15) is 0 Å². The van der Waals surface area contributed by atoms with E-state index < -0.39 is 0 Å². The monoisotopic (exact) mass is 533 g/mol. The van der Waals surface area contributed by atoms with E-state index in [4.69, 9.17) is 16.6 Å². The molecule has 4 rings (SSSR count). The van der Waals surface area contributed by atoms with Gasteiger partial charge in [-0.15, -0.1) is 0 Å². The number of carbonyl (C=O) groups is 2. The van der Waals surface area contributed by atoms with Crippen molar-refractivity contribution < 1.29 is 9.59 Å². The molecule has 0 spiro atoms. The summed E-state index contributed by atoms with van der Waals surface area (Å²) < 4.78 is 2.07. The first-order valence-corrected chi connectivity index (χ1v) is 13.5. The van der Waals surface area contributed by atoms with Crippen molar-refractivity contribution in [2.75, 3.05) is 18.4 Å². The van der Waals surface area contributed by atoms with Crippen LogP contribution in [0.1, 0.15) is 69.4 Å². The highest BCUT2D eigenvalue weighted by atomic mass is 35.5. The van der Waals surface area contributed by atoms with Gasteiger partial charge in [-0.1, -0.05) is 44.4 Å². The highest BCUT2D eigenvalue weighted by Crippen LogP contribution is 2.31. The van der Waals surface area contributed by atoms with Crippen LogP contribution in [0.25, 0.3) is 11.0 Å². The third-order valence-electron chi connectivity index (χ3n) is 7.28. The average molecular weight is 534 g/mol. The van der Waals surface area contributed by atoms with E-state index in [2.05, 4.69) is 72.9 Å². The van der Waals surface area contributed by atoms with Crippen molar-refractivity contribution in [3.63, 3.8) is 0 Å². The number of carbonyl (C=O) groups excluding carboxylic acids is 2. The predicted molar refractivity (Wildman–Crippen MR) is 153 cm³/mol. The quantitative estimate of drug-likeness (QED) is 0.401. The van der Waals surface area contributed by atoms with Crippen molar-refractivity contribution in [3.05, 3.63) is 58.6 Å². The summed E-state index contributed by atoms with van der Waals surface area (Å²) in [5.41, 5.74) is 3.48. The van der Waals surface area contributed by atoms with Gasteiger partial charge in [0.1, 0.15) is 0 Å². The summed E-state index contributed by atoms with van der Waals surface area (Å²) in [4.78, 5) is 32.3. The fraction of sp³-hybridized carbons (Fsp3) is 0.433. The van der Waals surface area contributed by atoms with Crippen LogP contribution in [-0.2, 0) is 11.3 Å². The van der Waals surface area contributed by atoms with Crippen LogP contribution in [0.4, 0.5) is 5.95 Å². The molecular weight excluding hydrogens is 498 g/mol. The number of hydrogen-bond donors (Lipinski definition) is 2. The molecule has 1 aliphatic rings. The summed E-state index contributed by atoms with van der Waals surface area (Å²) in [6, 6.07) is 13.3. The largest absolute Gasteiger partial charge is 0.330 e. The Morgan fingerprint density at radius 1 is 1.18 bits per heavy atom. The van der Waals surface area contributed by atoms with Crippen molar-refractivity contribution in [1.29, 1.82) is 0 Å². The Morgan fingerprint density at radius 2 is 1.92 bits per heavy atom. The molecule has 1 saturated heterocycles. The highest BCUT2D eigenvalue weighted by molar-refractivity contribution is 6.30. The van der Waals surface area contributed by atoms with Crippen molar-refractivity contribution in [3.8, 4) is 11.8 Å². The van der Waals surface area contributed by atoms with E-state index in [1.54, 1.807) is 36.1 Å². The van der Waals surface area contributed by atoms with Gasteiger partial charge in [0.2, 0.25) is 5.95 Å². The Labute approximate surface area is 229 Å². The number of piperidine rings is 1. The molecule has 0 aliphatic carbocycles. The van der Waals surface area contributed by atoms with Gasteiger partial charge in [-0.05, 0) is 80.0 Å². The van der Waals surface area contributed by atoms with Gasteiger partial charge in [-0.25, -0.2) is 4.98 Å². The summed E-state index contributed by atoms with van der Waals surface area (Å²) in [7, 11) is 0. The normalized spacial score (nSPS) is 16.6. The first-order chi connectivity index (χ1) is 18.1. The molecule has 200 valence electrons. The van der Waals surface area contributed by atoms with Gasteiger partial charge in [-0.3, -0.25) is 14.9 Å². The second-order valence-corrected chi connectivity index (χ2v) is 11.4. The number of imidazole rings is 1. The SMILES string of the molecule is CC#CC(=O)N1CCCC(n2c(NC(=O)c3ccc(Cl)cc3)nc3cc(CN[C@@H](C)C(C)(C)C)ccc32)C1. The molecular formula is C30H36ClN5O2. The van der Waals surface area contributed by atoms with Crippen LogP contribution in [0.15, 0.2) is 42.5 Å². The molecule has 0 saturated carbocycles. The maximum Gasteiger partial charge on any atom is 0.298 e. The number of rotatable bonds is 6. The second-order valence-electron chi connectivity index (χ2n) is 11.0. The molecule has 2 heterocycles. The topological polar surface area (TPSA) is 79.3 Å². The summed E-state index contributed by atoms with van der Waals surface area (Å²) in [5, 5.41) is 7.19. The molecule has 2 amide bonds. The van der Waals surface area contributed by atoms with Gasteiger partial charge >= 0.3 is 0 Å². The van der Waals surface area contributed by atoms with Gasteiger partial charge in [0.25, 0.3) is 11.8 Å². The third kappa shape index (κ3) is 6.38. The number of aromatic nitrogens is 2. The molecule has 3 aromatic rings. The van der Waals surface area contributed by atoms with E-state index in [-0.39, 0.29) is 23.3 Å². The van der Waals surface area contributed by atoms with E-state index in [9.17, 15) is 9.59 Å². The fourth-order valence-corrected chi connectivity index (χ4v) is 4.73. The minimum Gasteiger partial charge on any atom is -0.330 e. The first-order valence-electron chi connectivity index (χ1n) is 13.1. The Bertz CT molecular complexity index is 1380. The molecule has 8 heteroatoms. The lowest BCUT2D eigenvalue weighted by atomic mass is 9.88. The van der Waals surface area contributed by atoms with E-state index in [1.807, 2.05) is 0 Å². The van der Waals surface area contributed by atoms with Crippen molar-refractivity contribution >= 4 is 40.4 Å². The lowest BCUT2D eigenvalue weighted by Crippen LogP contribution is -2.40. The predicted octanol–water partition coefficient (Wildman–Crippen LogP) is 5.65. The van der Waals surface area contributed by atoms with Crippen LogP contribution in [0.3, 0.4) is 0 Å². The first kappa shape index (κ1) is 27.7. The number of anilines is 1. The third-order valence-corrected chi connectivity index (χ3v) is 7.53. The van der Waals surface area contributed by atoms with Crippen LogP contribution in [0, 0.1) is 17.3 Å². The maximum atomic E-state index is 13.1. The smallest absolute Gasteiger partial charge is 0.298 e. The number of halogens is 1. The molecule has 0 bridgehead atoms. The number of amides is 2. The number of likely N-dealkylation sites (tertiary alicyclic amines) is 1. The van der Waals surface area contributed by atoms with Crippen LogP contribution in [0.2, 0.25) is 5.02 Å². The van der Waals surface area contributed by atoms with E-state index in [0.717, 1.165) is 36.0 Å². The zero-order valence-electron chi connectivity index (χ0n) is 22.8. The summed E-state index contributed by atoms with van der Waals surface area (Å²) in [5.74, 6) is 5.39. The molecule has 2 N–H and O–H groups in total. The summed E-state index contributed by atoms with van der Waals surface area (Å²) in [6.45, 7) is 12.4. The molecule has 0 radical (unpaired) electrons. The molecule has 1 aliphatic heterocycles. The van der Waals surface area contributed by atoms with Crippen LogP contribution in [0.5, 0.6) is 0 Å². The molecule has 7 nitrogen and oxygen atoms in total. The fourth-order valence-electron chi connectivity index (χ4n) is 4.60. The maximum absolute atomic E-state index is 13.1. The molecule has 1 unspecified atom stereocenters. The van der Waals surface area contributed by atoms with Gasteiger partial charge in [0.15, 0.2) is 0 Å². The van der Waals surface area contributed by atoms with Crippen molar-refractivity contribution in [2.45, 2.75) is 66.1 Å². The number of benzene rings is 2. The Kier molecular flexibility index (Phi) is 8.44. The summed E-state index contributed by atoms with van der Waals surface area (Å²) in [6.07, 6.45) is 1.71. The molecule has 38 heavy (non-hydrogen) atoms. The Morgan fingerprint density at radius 3 is 2.61 bits per heavy atom. The van der Waals surface area contributed by atoms with E-state index >= 15 is 0 Å². The minimum atomic E-state index is -0.264. The average Bonchev–Trinajstić information content (AvgIpc) is 3.24. The molecule has 2 aromatic carbocycles. The van der Waals surface area contributed by atoms with Gasteiger partial charge in [0.05, 0.1) is 17.1 Å². The molecule has 2 atom stereocenters. The van der Waals surface area contributed by atoms with Crippen molar-refractivity contribution in [2.24, 2.45) is 5.41 Å². The number of hydrogen-bond acceptors (Lipinski definition) is 4. The van der Waals surface area contributed by atoms with Gasteiger partial charge < -0.3 is 14.8 Å².